The Morgan fingerprint density at radius 2 is 1.83 bits per heavy atom. The third-order valence-electron chi connectivity index (χ3n) is 6.95. The Morgan fingerprint density at radius 3 is 2.50 bits per heavy atom. The second-order valence-corrected chi connectivity index (χ2v) is 10.1. The maximum atomic E-state index is 14.1. The number of hydrogen-bond acceptors (Lipinski definition) is 7. The average molecular weight is 595 g/mol. The Balaban J connectivity index is 1.71. The number of hydrogen-bond donors (Lipinski definition) is 1. The van der Waals surface area contributed by atoms with Crippen molar-refractivity contribution in [1.82, 2.24) is 23.9 Å². The minimum atomic E-state index is -1.67. The van der Waals surface area contributed by atoms with E-state index in [0.29, 0.717) is 5.56 Å². The van der Waals surface area contributed by atoms with Crippen LogP contribution in [0.1, 0.15) is 28.6 Å². The molecule has 5 aromatic rings. The zero-order chi connectivity index (χ0) is 29.9. The molecule has 1 aliphatic rings. The van der Waals surface area contributed by atoms with Gasteiger partial charge in [0.2, 0.25) is 0 Å². The summed E-state index contributed by atoms with van der Waals surface area (Å²) in [4.78, 5) is 31.8. The highest BCUT2D eigenvalue weighted by molar-refractivity contribution is 6.33. The molecule has 0 aliphatic carbocycles. The van der Waals surface area contributed by atoms with Crippen molar-refractivity contribution in [1.29, 1.82) is 5.26 Å². The van der Waals surface area contributed by atoms with Crippen molar-refractivity contribution < 1.29 is 23.0 Å². The molecule has 212 valence electrons. The maximum absolute atomic E-state index is 14.1. The molecule has 3 heterocycles. The predicted octanol–water partition coefficient (Wildman–Crippen LogP) is 3.42. The van der Waals surface area contributed by atoms with Crippen LogP contribution in [0.25, 0.3) is 22.0 Å². The Kier molecular flexibility index (Phi) is 6.59. The van der Waals surface area contributed by atoms with Crippen molar-refractivity contribution in [3.05, 3.63) is 109 Å². The smallest absolute Gasteiger partial charge is 0.332 e. The molecule has 1 N–H and O–H groups in total. The fourth-order valence-electron chi connectivity index (χ4n) is 5.07. The van der Waals surface area contributed by atoms with E-state index < -0.39 is 41.3 Å². The second-order valence-electron chi connectivity index (χ2n) is 9.66. The van der Waals surface area contributed by atoms with Crippen LogP contribution in [0.3, 0.4) is 0 Å². The van der Waals surface area contributed by atoms with Gasteiger partial charge in [-0.25, -0.2) is 22.9 Å². The Morgan fingerprint density at radius 1 is 1.10 bits per heavy atom. The first-order chi connectivity index (χ1) is 20.1. The number of rotatable bonds is 5. The fraction of sp³-hybridized carbons (Fsp3) is 0.179. The van der Waals surface area contributed by atoms with Crippen molar-refractivity contribution in [2.75, 3.05) is 6.61 Å². The van der Waals surface area contributed by atoms with Crippen molar-refractivity contribution in [2.45, 2.75) is 19.2 Å². The molecule has 0 saturated heterocycles. The normalized spacial score (nSPS) is 14.2. The van der Waals surface area contributed by atoms with Gasteiger partial charge < -0.3 is 9.84 Å². The van der Waals surface area contributed by atoms with Gasteiger partial charge in [0.25, 0.3) is 5.56 Å². The van der Waals surface area contributed by atoms with Crippen LogP contribution < -0.4 is 16.0 Å². The summed E-state index contributed by atoms with van der Waals surface area (Å²) >= 11 is 6.49. The zero-order valence-corrected chi connectivity index (χ0v) is 22.4. The Bertz CT molecular complexity index is 2080. The quantitative estimate of drug-likeness (QED) is 0.309. The summed E-state index contributed by atoms with van der Waals surface area (Å²) in [5, 5.41) is 24.6. The molecule has 0 saturated carbocycles. The Hall–Kier alpha value is -4.93. The van der Waals surface area contributed by atoms with Crippen LogP contribution in [-0.4, -0.2) is 35.6 Å². The van der Waals surface area contributed by atoms with Crippen molar-refractivity contribution in [2.24, 2.45) is 7.05 Å². The minimum Gasteiger partial charge on any atom is -0.489 e. The van der Waals surface area contributed by atoms with Crippen LogP contribution in [0.15, 0.2) is 52.3 Å². The average Bonchev–Trinajstić information content (AvgIpc) is 3.56. The summed E-state index contributed by atoms with van der Waals surface area (Å²) in [5.74, 6) is -4.47. The van der Waals surface area contributed by atoms with Gasteiger partial charge in [0.1, 0.15) is 30.2 Å². The lowest BCUT2D eigenvalue weighted by atomic mass is 9.93. The number of nitriles is 1. The summed E-state index contributed by atoms with van der Waals surface area (Å²) in [7, 11) is 1.60. The maximum Gasteiger partial charge on any atom is 0.332 e. The molecule has 10 nitrogen and oxygen atoms in total. The molecule has 0 radical (unpaired) electrons. The van der Waals surface area contributed by atoms with E-state index in [2.05, 4.69) is 10.1 Å². The van der Waals surface area contributed by atoms with Gasteiger partial charge in [-0.2, -0.15) is 10.4 Å². The lowest BCUT2D eigenvalue weighted by Crippen LogP contribution is -2.41. The van der Waals surface area contributed by atoms with Gasteiger partial charge in [-0.15, -0.1) is 0 Å². The van der Waals surface area contributed by atoms with Crippen LogP contribution in [0.2, 0.25) is 5.02 Å². The highest BCUT2D eigenvalue weighted by Crippen LogP contribution is 2.45. The van der Waals surface area contributed by atoms with E-state index in [0.717, 1.165) is 21.3 Å². The zero-order valence-electron chi connectivity index (χ0n) is 21.6. The number of nitrogens with zero attached hydrogens (tertiary/aromatic N) is 6. The SMILES string of the molecule is Cn1cnc(Cn2c(=O)c3c4c(c(-c5cc(C#N)ccc5Cl)cc3n(Cc3cc(F)c(F)c(F)c3)c2=O)[C@@H](O)CO4)n1. The summed E-state index contributed by atoms with van der Waals surface area (Å²) in [5.41, 5.74) is -0.732. The molecule has 0 amide bonds. The van der Waals surface area contributed by atoms with Crippen molar-refractivity contribution >= 4 is 22.5 Å². The molecule has 0 spiro atoms. The molecule has 6 rings (SSSR count). The van der Waals surface area contributed by atoms with E-state index in [-0.39, 0.29) is 62.9 Å². The molecule has 0 bridgehead atoms. The van der Waals surface area contributed by atoms with E-state index in [1.54, 1.807) is 7.05 Å². The topological polar surface area (TPSA) is 128 Å². The number of aromatic nitrogens is 5. The lowest BCUT2D eigenvalue weighted by molar-refractivity contribution is 0.141. The first-order valence-electron chi connectivity index (χ1n) is 12.4. The van der Waals surface area contributed by atoms with Crippen LogP contribution in [-0.2, 0) is 20.1 Å². The summed E-state index contributed by atoms with van der Waals surface area (Å²) in [6.07, 6.45) is 0.194. The van der Waals surface area contributed by atoms with Gasteiger partial charge in [0.15, 0.2) is 23.3 Å². The number of halogens is 4. The number of aryl methyl sites for hydroxylation is 1. The van der Waals surface area contributed by atoms with Gasteiger partial charge in [0.05, 0.1) is 30.2 Å². The van der Waals surface area contributed by atoms with E-state index >= 15 is 0 Å². The van der Waals surface area contributed by atoms with Crippen LogP contribution in [0.5, 0.6) is 5.75 Å². The molecule has 1 aliphatic heterocycles. The van der Waals surface area contributed by atoms with Crippen molar-refractivity contribution in [3.8, 4) is 22.9 Å². The standard InChI is InChI=1S/C28H18ClF3N6O4/c1-36-12-34-22(35-36)10-38-27(40)24-20(37(28(38)41)9-14-5-18(30)25(32)19(31)6-14)7-16(23-21(39)11-42-26(23)24)15-4-13(8-33)2-3-17(15)29/h2-7,12,21,39H,9-11H2,1H3/t21-/m0/s1. The van der Waals surface area contributed by atoms with Crippen molar-refractivity contribution in [3.63, 3.8) is 0 Å². The number of ether oxygens (including phenoxy) is 1. The number of benzene rings is 3. The fourth-order valence-corrected chi connectivity index (χ4v) is 5.29. The van der Waals surface area contributed by atoms with E-state index in [4.69, 9.17) is 16.3 Å². The first kappa shape index (κ1) is 27.3. The number of fused-ring (bicyclic) bond motifs is 3. The third-order valence-corrected chi connectivity index (χ3v) is 7.28. The van der Waals surface area contributed by atoms with Crippen LogP contribution >= 0.6 is 11.6 Å². The minimum absolute atomic E-state index is 0.0124. The molecular weight excluding hydrogens is 577 g/mol. The van der Waals surface area contributed by atoms with Gasteiger partial charge >= 0.3 is 5.69 Å². The molecule has 0 fully saturated rings. The van der Waals surface area contributed by atoms with Gasteiger partial charge in [-0.3, -0.25) is 18.6 Å². The van der Waals surface area contributed by atoms with Gasteiger partial charge in [0, 0.05) is 23.2 Å². The summed E-state index contributed by atoms with van der Waals surface area (Å²) < 4.78 is 51.1. The highest BCUT2D eigenvalue weighted by Gasteiger charge is 2.32. The van der Waals surface area contributed by atoms with Crippen LogP contribution in [0, 0.1) is 28.8 Å². The van der Waals surface area contributed by atoms with E-state index in [1.165, 1.54) is 35.3 Å². The molecule has 42 heavy (non-hydrogen) atoms. The second kappa shape index (κ2) is 10.2. The molecule has 0 unspecified atom stereocenters. The number of aliphatic hydroxyl groups is 1. The summed E-state index contributed by atoms with van der Waals surface area (Å²) in [6, 6.07) is 9.40. The third kappa shape index (κ3) is 4.41. The Labute approximate surface area is 239 Å². The molecular formula is C28H18ClF3N6O4. The molecule has 14 heteroatoms. The monoisotopic (exact) mass is 594 g/mol. The van der Waals surface area contributed by atoms with Crippen LogP contribution in [0.4, 0.5) is 13.2 Å². The largest absolute Gasteiger partial charge is 0.489 e. The molecule has 1 atom stereocenters. The van der Waals surface area contributed by atoms with Gasteiger partial charge in [-0.05, 0) is 47.5 Å². The summed E-state index contributed by atoms with van der Waals surface area (Å²) in [6.45, 7) is -1.05. The predicted molar refractivity (Wildman–Crippen MR) is 144 cm³/mol. The molecule has 2 aromatic heterocycles. The molecule has 3 aromatic carbocycles. The number of aliphatic hydroxyl groups excluding tert-OH is 1. The first-order valence-corrected chi connectivity index (χ1v) is 12.8. The van der Waals surface area contributed by atoms with Gasteiger partial charge in [-0.1, -0.05) is 11.6 Å². The lowest BCUT2D eigenvalue weighted by Gasteiger charge is -2.19. The van der Waals surface area contributed by atoms with E-state index in [1.807, 2.05) is 6.07 Å². The van der Waals surface area contributed by atoms with E-state index in [9.17, 15) is 33.1 Å². The highest BCUT2D eigenvalue weighted by atomic mass is 35.5.